The molecular formula is C11H12N4O. The largest absolute Gasteiger partial charge is 0.376 e. The summed E-state index contributed by atoms with van der Waals surface area (Å²) in [6, 6.07) is 9.55. The topological polar surface area (TPSA) is 69.8 Å². The molecule has 5 nitrogen and oxygen atoms in total. The van der Waals surface area contributed by atoms with Crippen molar-refractivity contribution in [2.24, 2.45) is 0 Å². The Morgan fingerprint density at radius 1 is 1.31 bits per heavy atom. The number of carbonyl (C=O) groups excluding carboxylic acids is 1. The number of hydrogen-bond acceptors (Lipinski definition) is 3. The second-order valence-electron chi connectivity index (χ2n) is 3.21. The lowest BCUT2D eigenvalue weighted by atomic mass is 10.3. The standard InChI is InChI=1S/C11H12N4O/c16-10(15-11-12-6-7-13-11)8-14-9-4-2-1-3-5-9/h1-7,14H,8H2,(H2,12,13,15,16). The van der Waals surface area contributed by atoms with Crippen LogP contribution in [0.4, 0.5) is 11.6 Å². The number of benzene rings is 1. The monoisotopic (exact) mass is 216 g/mol. The normalized spacial score (nSPS) is 9.75. The average Bonchev–Trinajstić information content (AvgIpc) is 2.81. The molecule has 0 bridgehead atoms. The van der Waals surface area contributed by atoms with E-state index >= 15 is 0 Å². The zero-order chi connectivity index (χ0) is 11.2. The number of nitrogens with zero attached hydrogens (tertiary/aromatic N) is 1. The number of nitrogens with one attached hydrogen (secondary N) is 3. The summed E-state index contributed by atoms with van der Waals surface area (Å²) in [5.41, 5.74) is 0.914. The molecule has 0 unspecified atom stereocenters. The van der Waals surface area contributed by atoms with Crippen LogP contribution in [0, 0.1) is 0 Å². The molecule has 0 spiro atoms. The molecule has 0 saturated heterocycles. The highest BCUT2D eigenvalue weighted by Gasteiger charge is 2.02. The van der Waals surface area contributed by atoms with E-state index < -0.39 is 0 Å². The van der Waals surface area contributed by atoms with E-state index in [4.69, 9.17) is 0 Å². The van der Waals surface area contributed by atoms with Gasteiger partial charge < -0.3 is 10.3 Å². The summed E-state index contributed by atoms with van der Waals surface area (Å²) in [5.74, 6) is 0.318. The maximum absolute atomic E-state index is 11.5. The first-order valence-corrected chi connectivity index (χ1v) is 4.93. The molecule has 1 heterocycles. The molecule has 1 aromatic heterocycles. The van der Waals surface area contributed by atoms with Gasteiger partial charge in [-0.1, -0.05) is 18.2 Å². The predicted molar refractivity (Wildman–Crippen MR) is 62.1 cm³/mol. The highest BCUT2D eigenvalue weighted by Crippen LogP contribution is 2.04. The number of H-pyrrole nitrogens is 1. The van der Waals surface area contributed by atoms with Gasteiger partial charge in [0.1, 0.15) is 0 Å². The van der Waals surface area contributed by atoms with E-state index in [-0.39, 0.29) is 12.5 Å². The minimum Gasteiger partial charge on any atom is -0.376 e. The average molecular weight is 216 g/mol. The van der Waals surface area contributed by atoms with Gasteiger partial charge in [0.2, 0.25) is 11.9 Å². The van der Waals surface area contributed by atoms with Crippen LogP contribution in [0.2, 0.25) is 0 Å². The maximum Gasteiger partial charge on any atom is 0.245 e. The van der Waals surface area contributed by atoms with Crippen molar-refractivity contribution >= 4 is 17.5 Å². The van der Waals surface area contributed by atoms with Gasteiger partial charge in [-0.2, -0.15) is 0 Å². The second-order valence-corrected chi connectivity index (χ2v) is 3.21. The Morgan fingerprint density at radius 3 is 2.81 bits per heavy atom. The third-order valence-corrected chi connectivity index (χ3v) is 1.98. The number of hydrogen-bond donors (Lipinski definition) is 3. The Bertz CT molecular complexity index is 438. The first-order chi connectivity index (χ1) is 7.84. The van der Waals surface area contributed by atoms with E-state index in [2.05, 4.69) is 20.6 Å². The lowest BCUT2D eigenvalue weighted by molar-refractivity contribution is -0.114. The van der Waals surface area contributed by atoms with Crippen molar-refractivity contribution in [3.8, 4) is 0 Å². The van der Waals surface area contributed by atoms with Gasteiger partial charge in [0.15, 0.2) is 0 Å². The molecule has 16 heavy (non-hydrogen) atoms. The fourth-order valence-electron chi connectivity index (χ4n) is 1.25. The summed E-state index contributed by atoms with van der Waals surface area (Å²) >= 11 is 0. The van der Waals surface area contributed by atoms with Crippen LogP contribution in [0.1, 0.15) is 0 Å². The number of anilines is 2. The molecule has 0 aliphatic heterocycles. The van der Waals surface area contributed by atoms with Crippen molar-refractivity contribution in [1.29, 1.82) is 0 Å². The molecule has 2 rings (SSSR count). The first-order valence-electron chi connectivity index (χ1n) is 4.93. The Kier molecular flexibility index (Phi) is 3.18. The van der Waals surface area contributed by atoms with Crippen LogP contribution in [-0.4, -0.2) is 22.4 Å². The third kappa shape index (κ3) is 2.84. The molecule has 0 atom stereocenters. The van der Waals surface area contributed by atoms with Crippen molar-refractivity contribution in [3.63, 3.8) is 0 Å². The molecule has 0 aliphatic rings. The molecule has 2 aromatic rings. The number of rotatable bonds is 4. The van der Waals surface area contributed by atoms with Gasteiger partial charge in [0, 0.05) is 18.1 Å². The molecule has 5 heteroatoms. The van der Waals surface area contributed by atoms with Crippen LogP contribution < -0.4 is 10.6 Å². The van der Waals surface area contributed by atoms with Crippen LogP contribution in [0.15, 0.2) is 42.7 Å². The van der Waals surface area contributed by atoms with Crippen LogP contribution in [0.5, 0.6) is 0 Å². The number of carbonyl (C=O) groups is 1. The Balaban J connectivity index is 1.80. The molecule has 3 N–H and O–H groups in total. The lowest BCUT2D eigenvalue weighted by Crippen LogP contribution is -2.22. The van der Waals surface area contributed by atoms with E-state index in [0.29, 0.717) is 5.95 Å². The van der Waals surface area contributed by atoms with Gasteiger partial charge in [0.25, 0.3) is 0 Å². The minimum absolute atomic E-state index is 0.140. The summed E-state index contributed by atoms with van der Waals surface area (Å²) in [5, 5.41) is 5.63. The van der Waals surface area contributed by atoms with E-state index in [9.17, 15) is 4.79 Å². The molecule has 0 radical (unpaired) electrons. The van der Waals surface area contributed by atoms with Gasteiger partial charge in [-0.25, -0.2) is 4.98 Å². The van der Waals surface area contributed by atoms with Gasteiger partial charge in [-0.3, -0.25) is 10.1 Å². The Labute approximate surface area is 92.9 Å². The summed E-state index contributed by atoms with van der Waals surface area (Å²) in [4.78, 5) is 18.1. The van der Waals surface area contributed by atoms with Crippen LogP contribution in [0.3, 0.4) is 0 Å². The Morgan fingerprint density at radius 2 is 2.12 bits per heavy atom. The zero-order valence-electron chi connectivity index (χ0n) is 8.60. The van der Waals surface area contributed by atoms with Crippen molar-refractivity contribution in [3.05, 3.63) is 42.7 Å². The summed E-state index contributed by atoms with van der Waals surface area (Å²) in [6.45, 7) is 0.213. The van der Waals surface area contributed by atoms with Crippen molar-refractivity contribution in [1.82, 2.24) is 9.97 Å². The lowest BCUT2D eigenvalue weighted by Gasteiger charge is -2.05. The van der Waals surface area contributed by atoms with E-state index in [1.165, 1.54) is 0 Å². The highest BCUT2D eigenvalue weighted by molar-refractivity contribution is 5.92. The second kappa shape index (κ2) is 4.97. The van der Waals surface area contributed by atoms with Gasteiger partial charge in [-0.15, -0.1) is 0 Å². The number of imidazole rings is 1. The van der Waals surface area contributed by atoms with E-state index in [1.54, 1.807) is 12.4 Å². The van der Waals surface area contributed by atoms with Crippen LogP contribution >= 0.6 is 0 Å². The summed E-state index contributed by atoms with van der Waals surface area (Å²) in [6.07, 6.45) is 3.24. The van der Waals surface area contributed by atoms with E-state index in [1.807, 2.05) is 30.3 Å². The number of amides is 1. The first kappa shape index (κ1) is 10.2. The van der Waals surface area contributed by atoms with Gasteiger partial charge in [-0.05, 0) is 12.1 Å². The molecule has 0 fully saturated rings. The van der Waals surface area contributed by atoms with Gasteiger partial charge in [0.05, 0.1) is 6.54 Å². The quantitative estimate of drug-likeness (QED) is 0.724. The fourth-order valence-corrected chi connectivity index (χ4v) is 1.25. The van der Waals surface area contributed by atoms with Gasteiger partial charge >= 0.3 is 0 Å². The molecular weight excluding hydrogens is 204 g/mol. The summed E-state index contributed by atoms with van der Waals surface area (Å²) < 4.78 is 0. The zero-order valence-corrected chi connectivity index (χ0v) is 8.60. The molecule has 82 valence electrons. The highest BCUT2D eigenvalue weighted by atomic mass is 16.2. The third-order valence-electron chi connectivity index (χ3n) is 1.98. The minimum atomic E-state index is -0.140. The van der Waals surface area contributed by atoms with Crippen LogP contribution in [0.25, 0.3) is 0 Å². The smallest absolute Gasteiger partial charge is 0.245 e. The maximum atomic E-state index is 11.5. The number of aromatic amines is 1. The Hall–Kier alpha value is -2.30. The molecule has 0 saturated carbocycles. The van der Waals surface area contributed by atoms with Crippen molar-refractivity contribution < 1.29 is 4.79 Å². The van der Waals surface area contributed by atoms with Crippen molar-refractivity contribution in [2.45, 2.75) is 0 Å². The predicted octanol–water partition coefficient (Wildman–Crippen LogP) is 1.46. The SMILES string of the molecule is O=C(CNc1ccccc1)Nc1ncc[nH]1. The van der Waals surface area contributed by atoms with Crippen molar-refractivity contribution in [2.75, 3.05) is 17.2 Å². The molecule has 0 aliphatic carbocycles. The van der Waals surface area contributed by atoms with E-state index in [0.717, 1.165) is 5.69 Å². The number of aromatic nitrogens is 2. The fraction of sp³-hybridized carbons (Fsp3) is 0.0909. The molecule has 1 amide bonds. The summed E-state index contributed by atoms with van der Waals surface area (Å²) in [7, 11) is 0. The van der Waals surface area contributed by atoms with Crippen LogP contribution in [-0.2, 0) is 4.79 Å². The molecule has 1 aromatic carbocycles. The number of para-hydroxylation sites is 1.